The number of carbonyl (C=O) groups excluding carboxylic acids is 3. The van der Waals surface area contributed by atoms with Crippen LogP contribution in [0.1, 0.15) is 34.6 Å². The van der Waals surface area contributed by atoms with Gasteiger partial charge < -0.3 is 9.80 Å². The molecule has 0 N–H and O–H groups in total. The maximum absolute atomic E-state index is 13.4. The van der Waals surface area contributed by atoms with Gasteiger partial charge in [-0.1, -0.05) is 32.0 Å². The average molecular weight is 392 g/mol. The van der Waals surface area contributed by atoms with Gasteiger partial charge in [0.25, 0.3) is 11.8 Å². The molecule has 4 rings (SSSR count). The van der Waals surface area contributed by atoms with Gasteiger partial charge in [0.05, 0.1) is 11.1 Å². The largest absolute Gasteiger partial charge is 0.353 e. The van der Waals surface area contributed by atoms with Gasteiger partial charge in [0, 0.05) is 32.4 Å². The molecule has 0 saturated carbocycles. The second-order valence-electron chi connectivity index (χ2n) is 7.72. The van der Waals surface area contributed by atoms with E-state index in [0.29, 0.717) is 37.3 Å². The number of piperazine rings is 1. The van der Waals surface area contributed by atoms with Crippen LogP contribution in [0.4, 0.5) is 5.82 Å². The first kappa shape index (κ1) is 19.1. The highest BCUT2D eigenvalue weighted by atomic mass is 16.2. The van der Waals surface area contributed by atoms with Crippen molar-refractivity contribution in [1.82, 2.24) is 14.8 Å². The molecule has 1 aromatic carbocycles. The summed E-state index contributed by atoms with van der Waals surface area (Å²) in [6.07, 6.45) is 1.75. The van der Waals surface area contributed by atoms with Crippen molar-refractivity contribution >= 4 is 23.5 Å². The van der Waals surface area contributed by atoms with Crippen LogP contribution in [0.25, 0.3) is 0 Å². The minimum absolute atomic E-state index is 0.171. The molecule has 1 aromatic heterocycles. The Morgan fingerprint density at radius 3 is 2.00 bits per heavy atom. The van der Waals surface area contributed by atoms with Crippen LogP contribution >= 0.6 is 0 Å². The Balaban J connectivity index is 1.51. The molecule has 1 saturated heterocycles. The molecule has 7 nitrogen and oxygen atoms in total. The fourth-order valence-corrected chi connectivity index (χ4v) is 4.04. The molecule has 3 heterocycles. The molecule has 2 aliphatic heterocycles. The standard InChI is InChI=1S/C22H24N4O3/c1-15(2)19(26-20(27)16-7-3-4-8-17(16)21(26)28)22(29)25-13-11-24(12-14-25)18-9-5-6-10-23-18/h3-10,15,19H,11-14H2,1-2H3. The molecule has 0 aliphatic carbocycles. The summed E-state index contributed by atoms with van der Waals surface area (Å²) in [5, 5.41) is 0. The number of benzene rings is 1. The number of rotatable bonds is 4. The fraction of sp³-hybridized carbons (Fsp3) is 0.364. The number of amides is 3. The van der Waals surface area contributed by atoms with E-state index in [4.69, 9.17) is 0 Å². The highest BCUT2D eigenvalue weighted by molar-refractivity contribution is 6.22. The SMILES string of the molecule is CC(C)C(C(=O)N1CCN(c2ccccn2)CC1)N1C(=O)c2ccccc2C1=O. The van der Waals surface area contributed by atoms with Crippen LogP contribution in [0.15, 0.2) is 48.7 Å². The maximum Gasteiger partial charge on any atom is 0.262 e. The number of aromatic nitrogens is 1. The van der Waals surface area contributed by atoms with E-state index < -0.39 is 6.04 Å². The molecule has 29 heavy (non-hydrogen) atoms. The summed E-state index contributed by atoms with van der Waals surface area (Å²) in [4.78, 5) is 48.6. The Kier molecular flexibility index (Phi) is 5.05. The average Bonchev–Trinajstić information content (AvgIpc) is 3.00. The molecule has 0 spiro atoms. The number of fused-ring (bicyclic) bond motifs is 1. The zero-order chi connectivity index (χ0) is 20.5. The molecule has 3 amide bonds. The topological polar surface area (TPSA) is 73.8 Å². The van der Waals surface area contributed by atoms with Crippen molar-refractivity contribution in [1.29, 1.82) is 0 Å². The van der Waals surface area contributed by atoms with Crippen molar-refractivity contribution in [3.63, 3.8) is 0 Å². The number of hydrogen-bond acceptors (Lipinski definition) is 5. The van der Waals surface area contributed by atoms with Gasteiger partial charge in [0.2, 0.25) is 5.91 Å². The van der Waals surface area contributed by atoms with E-state index in [1.165, 1.54) is 0 Å². The maximum atomic E-state index is 13.4. The summed E-state index contributed by atoms with van der Waals surface area (Å²) in [6, 6.07) is 11.7. The monoisotopic (exact) mass is 392 g/mol. The van der Waals surface area contributed by atoms with Gasteiger partial charge in [-0.3, -0.25) is 19.3 Å². The molecular formula is C22H24N4O3. The second kappa shape index (κ2) is 7.66. The first-order valence-electron chi connectivity index (χ1n) is 9.90. The van der Waals surface area contributed by atoms with Crippen LogP contribution in [0.5, 0.6) is 0 Å². The predicted octanol–water partition coefficient (Wildman–Crippen LogP) is 2.05. The van der Waals surface area contributed by atoms with Gasteiger partial charge in [0.15, 0.2) is 0 Å². The lowest BCUT2D eigenvalue weighted by atomic mass is 10.0. The number of anilines is 1. The normalized spacial score (nSPS) is 17.7. The van der Waals surface area contributed by atoms with E-state index >= 15 is 0 Å². The van der Waals surface area contributed by atoms with Crippen LogP contribution < -0.4 is 4.90 Å². The van der Waals surface area contributed by atoms with Crippen molar-refractivity contribution in [2.75, 3.05) is 31.1 Å². The van der Waals surface area contributed by atoms with Gasteiger partial charge >= 0.3 is 0 Å². The lowest BCUT2D eigenvalue weighted by molar-refractivity contribution is -0.137. The van der Waals surface area contributed by atoms with Crippen molar-refractivity contribution in [3.05, 3.63) is 59.8 Å². The minimum atomic E-state index is -0.802. The van der Waals surface area contributed by atoms with Gasteiger partial charge in [-0.05, 0) is 30.2 Å². The van der Waals surface area contributed by atoms with Gasteiger partial charge in [0.1, 0.15) is 11.9 Å². The van der Waals surface area contributed by atoms with E-state index in [0.717, 1.165) is 10.7 Å². The first-order chi connectivity index (χ1) is 14.0. The van der Waals surface area contributed by atoms with Gasteiger partial charge in [-0.15, -0.1) is 0 Å². The molecule has 150 valence electrons. The summed E-state index contributed by atoms with van der Waals surface area (Å²) in [6.45, 7) is 6.13. The molecular weight excluding hydrogens is 368 g/mol. The van der Waals surface area contributed by atoms with Crippen molar-refractivity contribution < 1.29 is 14.4 Å². The molecule has 2 aliphatic rings. The van der Waals surface area contributed by atoms with Crippen molar-refractivity contribution in [2.24, 2.45) is 5.92 Å². The van der Waals surface area contributed by atoms with Crippen molar-refractivity contribution in [3.8, 4) is 0 Å². The van der Waals surface area contributed by atoms with Crippen molar-refractivity contribution in [2.45, 2.75) is 19.9 Å². The number of hydrogen-bond donors (Lipinski definition) is 0. The number of nitrogens with zero attached hydrogens (tertiary/aromatic N) is 4. The Hall–Kier alpha value is -3.22. The van der Waals surface area contributed by atoms with E-state index in [9.17, 15) is 14.4 Å². The van der Waals surface area contributed by atoms with Crippen LogP contribution in [0.2, 0.25) is 0 Å². The zero-order valence-corrected chi connectivity index (χ0v) is 16.6. The molecule has 0 bridgehead atoms. The third kappa shape index (κ3) is 3.37. The Morgan fingerprint density at radius 1 is 0.897 bits per heavy atom. The zero-order valence-electron chi connectivity index (χ0n) is 16.6. The summed E-state index contributed by atoms with van der Waals surface area (Å²) >= 11 is 0. The van der Waals surface area contributed by atoms with E-state index in [-0.39, 0.29) is 23.6 Å². The lowest BCUT2D eigenvalue weighted by Crippen LogP contribution is -2.57. The Morgan fingerprint density at radius 2 is 1.48 bits per heavy atom. The molecule has 2 aromatic rings. The minimum Gasteiger partial charge on any atom is -0.353 e. The molecule has 1 unspecified atom stereocenters. The molecule has 7 heteroatoms. The highest BCUT2D eigenvalue weighted by Gasteiger charge is 2.45. The smallest absolute Gasteiger partial charge is 0.262 e. The Labute approximate surface area is 169 Å². The summed E-state index contributed by atoms with van der Waals surface area (Å²) in [5.41, 5.74) is 0.742. The fourth-order valence-electron chi connectivity index (χ4n) is 4.04. The summed E-state index contributed by atoms with van der Waals surface area (Å²) in [7, 11) is 0. The van der Waals surface area contributed by atoms with Crippen LogP contribution in [-0.4, -0.2) is 64.7 Å². The first-order valence-corrected chi connectivity index (χ1v) is 9.90. The number of pyridine rings is 1. The third-order valence-corrected chi connectivity index (χ3v) is 5.55. The lowest BCUT2D eigenvalue weighted by Gasteiger charge is -2.39. The van der Waals surface area contributed by atoms with E-state index in [1.807, 2.05) is 32.0 Å². The van der Waals surface area contributed by atoms with Crippen LogP contribution in [0.3, 0.4) is 0 Å². The number of imide groups is 1. The predicted molar refractivity (Wildman–Crippen MR) is 109 cm³/mol. The Bertz CT molecular complexity index is 901. The third-order valence-electron chi connectivity index (χ3n) is 5.55. The van der Waals surface area contributed by atoms with E-state index in [2.05, 4.69) is 9.88 Å². The number of carbonyl (C=O) groups is 3. The van der Waals surface area contributed by atoms with E-state index in [1.54, 1.807) is 35.4 Å². The van der Waals surface area contributed by atoms with Gasteiger partial charge in [-0.2, -0.15) is 0 Å². The van der Waals surface area contributed by atoms with Gasteiger partial charge in [-0.25, -0.2) is 4.98 Å². The molecule has 1 fully saturated rings. The van der Waals surface area contributed by atoms with Crippen LogP contribution in [0, 0.1) is 5.92 Å². The highest BCUT2D eigenvalue weighted by Crippen LogP contribution is 2.28. The summed E-state index contributed by atoms with van der Waals surface area (Å²) in [5.74, 6) is -0.233. The summed E-state index contributed by atoms with van der Waals surface area (Å²) < 4.78 is 0. The second-order valence-corrected chi connectivity index (χ2v) is 7.72. The quantitative estimate of drug-likeness (QED) is 0.745. The van der Waals surface area contributed by atoms with Crippen LogP contribution in [-0.2, 0) is 4.79 Å². The molecule has 0 radical (unpaired) electrons. The molecule has 1 atom stereocenters.